The third-order valence-corrected chi connectivity index (χ3v) is 3.35. The van der Waals surface area contributed by atoms with Crippen molar-refractivity contribution in [1.82, 2.24) is 0 Å². The molecule has 0 aliphatic rings. The predicted molar refractivity (Wildman–Crippen MR) is 73.0 cm³/mol. The number of halogens is 3. The summed E-state index contributed by atoms with van der Waals surface area (Å²) in [6, 6.07) is 8.10. The summed E-state index contributed by atoms with van der Waals surface area (Å²) in [6.07, 6.45) is -0.878. The Labute approximate surface area is 120 Å². The van der Waals surface area contributed by atoms with Gasteiger partial charge in [-0.15, -0.1) is 0 Å². The Morgan fingerprint density at radius 1 is 1.20 bits per heavy atom. The quantitative estimate of drug-likeness (QED) is 0.927. The minimum Gasteiger partial charge on any atom is -0.494 e. The zero-order chi connectivity index (χ0) is 14.7. The van der Waals surface area contributed by atoms with E-state index >= 15 is 0 Å². The van der Waals surface area contributed by atoms with Gasteiger partial charge < -0.3 is 9.84 Å². The van der Waals surface area contributed by atoms with E-state index in [1.165, 1.54) is 37.4 Å². The number of aliphatic hydroxyl groups excluding tert-OH is 1. The molecule has 2 aromatic rings. The van der Waals surface area contributed by atoms with Crippen molar-refractivity contribution in [2.24, 2.45) is 0 Å². The second-order valence-corrected chi connectivity index (χ2v) is 4.76. The van der Waals surface area contributed by atoms with Crippen molar-refractivity contribution in [2.45, 2.75) is 12.5 Å². The highest BCUT2D eigenvalue weighted by atomic mass is 35.5. The lowest BCUT2D eigenvalue weighted by Gasteiger charge is -2.13. The number of methoxy groups -OCH3 is 1. The first-order chi connectivity index (χ1) is 9.51. The molecule has 0 heterocycles. The van der Waals surface area contributed by atoms with Crippen LogP contribution in [0, 0.1) is 11.6 Å². The first kappa shape index (κ1) is 14.8. The molecule has 0 aromatic heterocycles. The van der Waals surface area contributed by atoms with Gasteiger partial charge in [-0.25, -0.2) is 8.78 Å². The molecule has 20 heavy (non-hydrogen) atoms. The van der Waals surface area contributed by atoms with Gasteiger partial charge in [0.2, 0.25) is 0 Å². The maximum atomic E-state index is 13.6. The lowest BCUT2D eigenvalue weighted by Crippen LogP contribution is -2.03. The summed E-state index contributed by atoms with van der Waals surface area (Å²) in [7, 11) is 1.36. The van der Waals surface area contributed by atoms with E-state index in [4.69, 9.17) is 16.3 Å². The minimum atomic E-state index is -0.977. The molecule has 0 saturated heterocycles. The molecule has 2 nitrogen and oxygen atoms in total. The van der Waals surface area contributed by atoms with Crippen molar-refractivity contribution >= 4 is 11.6 Å². The van der Waals surface area contributed by atoms with E-state index in [1.54, 1.807) is 6.07 Å². The van der Waals surface area contributed by atoms with Crippen molar-refractivity contribution in [1.29, 1.82) is 0 Å². The molecular weight excluding hydrogens is 286 g/mol. The monoisotopic (exact) mass is 298 g/mol. The Morgan fingerprint density at radius 2 is 1.95 bits per heavy atom. The Bertz CT molecular complexity index is 617. The molecule has 106 valence electrons. The molecule has 0 bridgehead atoms. The Balaban J connectivity index is 2.21. The van der Waals surface area contributed by atoms with Gasteiger partial charge in [-0.05, 0) is 41.5 Å². The molecule has 0 aliphatic carbocycles. The molecule has 0 amide bonds. The van der Waals surface area contributed by atoms with E-state index in [2.05, 4.69) is 0 Å². The average Bonchev–Trinajstić information content (AvgIpc) is 2.42. The summed E-state index contributed by atoms with van der Waals surface area (Å²) >= 11 is 5.93. The third-order valence-electron chi connectivity index (χ3n) is 2.98. The fourth-order valence-electron chi connectivity index (χ4n) is 1.92. The van der Waals surface area contributed by atoms with Crippen LogP contribution in [0.3, 0.4) is 0 Å². The van der Waals surface area contributed by atoms with E-state index in [1.807, 2.05) is 0 Å². The van der Waals surface area contributed by atoms with E-state index in [0.29, 0.717) is 16.1 Å². The lowest BCUT2D eigenvalue weighted by atomic mass is 10.0. The van der Waals surface area contributed by atoms with E-state index in [0.717, 1.165) is 0 Å². The van der Waals surface area contributed by atoms with Crippen LogP contribution in [0.15, 0.2) is 36.4 Å². The summed E-state index contributed by atoms with van der Waals surface area (Å²) in [5, 5.41) is 10.4. The first-order valence-electron chi connectivity index (χ1n) is 5.96. The molecule has 2 aromatic carbocycles. The third kappa shape index (κ3) is 3.26. The van der Waals surface area contributed by atoms with Crippen molar-refractivity contribution in [3.05, 3.63) is 64.2 Å². The van der Waals surface area contributed by atoms with Gasteiger partial charge in [0.05, 0.1) is 13.2 Å². The zero-order valence-corrected chi connectivity index (χ0v) is 11.5. The minimum absolute atomic E-state index is 0.0996. The van der Waals surface area contributed by atoms with E-state index in [-0.39, 0.29) is 12.2 Å². The van der Waals surface area contributed by atoms with Gasteiger partial charge in [0.25, 0.3) is 0 Å². The number of ether oxygens (including phenoxy) is 1. The Hall–Kier alpha value is -1.65. The molecule has 1 unspecified atom stereocenters. The maximum Gasteiger partial charge on any atom is 0.165 e. The van der Waals surface area contributed by atoms with Gasteiger partial charge in [-0.1, -0.05) is 17.7 Å². The molecule has 1 atom stereocenters. The second-order valence-electron chi connectivity index (χ2n) is 4.35. The van der Waals surface area contributed by atoms with Crippen LogP contribution in [0.25, 0.3) is 0 Å². The summed E-state index contributed by atoms with van der Waals surface area (Å²) in [5.41, 5.74) is 0.846. The molecule has 1 N–H and O–H groups in total. The fraction of sp³-hybridized carbons (Fsp3) is 0.200. The number of hydrogen-bond acceptors (Lipinski definition) is 2. The highest BCUT2D eigenvalue weighted by molar-refractivity contribution is 6.31. The summed E-state index contributed by atoms with van der Waals surface area (Å²) in [4.78, 5) is 0. The van der Waals surface area contributed by atoms with Gasteiger partial charge >= 0.3 is 0 Å². The molecule has 0 radical (unpaired) electrons. The molecule has 0 fully saturated rings. The van der Waals surface area contributed by atoms with Crippen LogP contribution in [0.5, 0.6) is 5.75 Å². The molecule has 0 saturated carbocycles. The highest BCUT2D eigenvalue weighted by Gasteiger charge is 2.14. The second kappa shape index (κ2) is 6.20. The maximum absolute atomic E-state index is 13.6. The number of rotatable bonds is 4. The van der Waals surface area contributed by atoms with Gasteiger partial charge in [0.1, 0.15) is 5.82 Å². The Kier molecular flexibility index (Phi) is 4.57. The summed E-state index contributed by atoms with van der Waals surface area (Å²) in [5.74, 6) is -0.892. The van der Waals surface area contributed by atoms with Crippen LogP contribution in [0.2, 0.25) is 5.02 Å². The van der Waals surface area contributed by atoms with Crippen molar-refractivity contribution < 1.29 is 18.6 Å². The fourth-order valence-corrected chi connectivity index (χ4v) is 2.11. The van der Waals surface area contributed by atoms with Crippen molar-refractivity contribution in [2.75, 3.05) is 7.11 Å². The summed E-state index contributed by atoms with van der Waals surface area (Å²) < 4.78 is 31.5. The molecule has 0 aliphatic heterocycles. The van der Waals surface area contributed by atoms with Crippen LogP contribution in [-0.2, 0) is 6.42 Å². The lowest BCUT2D eigenvalue weighted by molar-refractivity contribution is 0.177. The molecule has 0 spiro atoms. The first-order valence-corrected chi connectivity index (χ1v) is 6.34. The van der Waals surface area contributed by atoms with Gasteiger partial charge in [-0.3, -0.25) is 0 Å². The zero-order valence-electron chi connectivity index (χ0n) is 10.7. The van der Waals surface area contributed by atoms with Gasteiger partial charge in [-0.2, -0.15) is 0 Å². The predicted octanol–water partition coefficient (Wildman–Crippen LogP) is 3.90. The van der Waals surface area contributed by atoms with E-state index < -0.39 is 17.7 Å². The van der Waals surface area contributed by atoms with Crippen LogP contribution in [-0.4, -0.2) is 12.2 Å². The summed E-state index contributed by atoms with van der Waals surface area (Å²) in [6.45, 7) is 0. The smallest absolute Gasteiger partial charge is 0.165 e. The molecular formula is C15H13ClF2O2. The normalized spacial score (nSPS) is 12.2. The van der Waals surface area contributed by atoms with Gasteiger partial charge in [0.15, 0.2) is 11.6 Å². The van der Waals surface area contributed by atoms with Crippen molar-refractivity contribution in [3.63, 3.8) is 0 Å². The Morgan fingerprint density at radius 3 is 2.60 bits per heavy atom. The topological polar surface area (TPSA) is 29.5 Å². The van der Waals surface area contributed by atoms with Crippen LogP contribution >= 0.6 is 11.6 Å². The van der Waals surface area contributed by atoms with Crippen molar-refractivity contribution in [3.8, 4) is 5.75 Å². The number of aliphatic hydroxyl groups is 1. The number of hydrogen-bond donors (Lipinski definition) is 1. The van der Waals surface area contributed by atoms with E-state index in [9.17, 15) is 13.9 Å². The van der Waals surface area contributed by atoms with Crippen LogP contribution < -0.4 is 4.74 Å². The average molecular weight is 299 g/mol. The van der Waals surface area contributed by atoms with Crippen LogP contribution in [0.4, 0.5) is 8.78 Å². The molecule has 5 heteroatoms. The molecule has 2 rings (SSSR count). The standard InChI is InChI=1S/C15H13ClF2O2/c1-20-15-5-2-9(7-13(15)18)14(19)8-10-6-11(17)3-4-12(10)16/h2-7,14,19H,8H2,1H3. The van der Waals surface area contributed by atoms with Crippen LogP contribution in [0.1, 0.15) is 17.2 Å². The largest absolute Gasteiger partial charge is 0.494 e. The van der Waals surface area contributed by atoms with Gasteiger partial charge in [0, 0.05) is 11.4 Å². The SMILES string of the molecule is COc1ccc(C(O)Cc2cc(F)ccc2Cl)cc1F. The number of benzene rings is 2. The highest BCUT2D eigenvalue weighted by Crippen LogP contribution is 2.27.